The molecule has 2 aromatic carbocycles. The fraction of sp³-hybridized carbons (Fsp3) is 0.548. The van der Waals surface area contributed by atoms with Crippen LogP contribution in [0, 0.1) is 11.8 Å². The number of aliphatic carboxylic acids is 2. The molecule has 2 aliphatic heterocycles. The molecule has 0 aliphatic carbocycles. The van der Waals surface area contributed by atoms with Gasteiger partial charge < -0.3 is 69.6 Å². The van der Waals surface area contributed by atoms with Crippen molar-refractivity contribution in [2.75, 3.05) is 7.11 Å². The zero-order valence-electron chi connectivity index (χ0n) is 25.7. The molecule has 9 N–H and O–H groups in total. The highest BCUT2D eigenvalue weighted by Crippen LogP contribution is 2.35. The van der Waals surface area contributed by atoms with Crippen LogP contribution < -0.4 is 14.2 Å². The summed E-state index contributed by atoms with van der Waals surface area (Å²) >= 11 is 0. The average molecular weight is 669 g/mol. The Labute approximate surface area is 268 Å². The fourth-order valence-electron chi connectivity index (χ4n) is 5.42. The molecule has 16 nitrogen and oxygen atoms in total. The second kappa shape index (κ2) is 15.0. The molecule has 260 valence electrons. The second-order valence-corrected chi connectivity index (χ2v) is 11.9. The summed E-state index contributed by atoms with van der Waals surface area (Å²) in [5, 5.41) is 89.7. The van der Waals surface area contributed by atoms with Gasteiger partial charge in [0.2, 0.25) is 12.6 Å². The van der Waals surface area contributed by atoms with Crippen molar-refractivity contribution in [1.82, 2.24) is 0 Å². The predicted octanol–water partition coefficient (Wildman–Crippen LogP) is -1.000. The standard InChI is InChI=1S/C31H40O16/c1-12(8-14-4-6-16(32)18(10-14)44-30-24(37)20(33)22(35)26(46-30)28(39)40)13(2)9-15-5-7-17(43-3)19(11-15)45-31-25(38)21(34)23(36)27(47-31)29(41)42/h4-7,10-13,20-27,30-38H,8-9H2,1-3H3,(H,39,40)(H,41,42)/t12?,13?,20-,21-,22-,23-,24+,25+,26-,27-,30+,31+/m0/s1. The number of rotatable bonds is 12. The molecule has 2 saturated heterocycles. The third-order valence-electron chi connectivity index (χ3n) is 8.45. The molecule has 0 radical (unpaired) electrons. The second-order valence-electron chi connectivity index (χ2n) is 11.9. The van der Waals surface area contributed by atoms with Crippen molar-refractivity contribution < 1.29 is 79.2 Å². The van der Waals surface area contributed by atoms with Crippen molar-refractivity contribution >= 4 is 11.9 Å². The van der Waals surface area contributed by atoms with Crippen LogP contribution in [0.2, 0.25) is 0 Å². The Morgan fingerprint density at radius 3 is 1.53 bits per heavy atom. The highest BCUT2D eigenvalue weighted by molar-refractivity contribution is 5.74. The van der Waals surface area contributed by atoms with Crippen LogP contribution in [-0.2, 0) is 31.9 Å². The largest absolute Gasteiger partial charge is 0.504 e. The van der Waals surface area contributed by atoms with Gasteiger partial charge in [-0.05, 0) is 60.1 Å². The van der Waals surface area contributed by atoms with Crippen LogP contribution >= 0.6 is 0 Å². The summed E-state index contributed by atoms with van der Waals surface area (Å²) in [4.78, 5) is 22.9. The number of carboxylic acids is 2. The lowest BCUT2D eigenvalue weighted by atomic mass is 9.85. The summed E-state index contributed by atoms with van der Waals surface area (Å²) in [6.45, 7) is 3.99. The van der Waals surface area contributed by atoms with Gasteiger partial charge in [-0.1, -0.05) is 26.0 Å². The average Bonchev–Trinajstić information content (AvgIpc) is 3.02. The molecule has 16 heteroatoms. The quantitative estimate of drug-likeness (QED) is 0.131. The molecular formula is C31H40O16. The van der Waals surface area contributed by atoms with Gasteiger partial charge in [0.25, 0.3) is 0 Å². The van der Waals surface area contributed by atoms with E-state index in [4.69, 9.17) is 23.7 Å². The number of phenols is 1. The summed E-state index contributed by atoms with van der Waals surface area (Å²) in [7, 11) is 1.38. The number of aliphatic hydroxyl groups excluding tert-OH is 6. The highest BCUT2D eigenvalue weighted by Gasteiger charge is 2.49. The summed E-state index contributed by atoms with van der Waals surface area (Å²) in [6, 6.07) is 9.55. The maximum atomic E-state index is 11.5. The normalized spacial score (nSPS) is 32.2. The molecule has 0 spiro atoms. The van der Waals surface area contributed by atoms with E-state index in [9.17, 15) is 55.5 Å². The first kappa shape index (κ1) is 36.1. The van der Waals surface area contributed by atoms with Gasteiger partial charge in [-0.2, -0.15) is 0 Å². The topological polar surface area (TPSA) is 262 Å². The molecule has 0 amide bonds. The molecule has 4 rings (SSSR count). The van der Waals surface area contributed by atoms with Crippen LogP contribution in [0.1, 0.15) is 25.0 Å². The fourth-order valence-corrected chi connectivity index (χ4v) is 5.42. The van der Waals surface area contributed by atoms with E-state index in [0.717, 1.165) is 5.56 Å². The van der Waals surface area contributed by atoms with Crippen LogP contribution in [0.3, 0.4) is 0 Å². The number of aliphatic hydroxyl groups is 6. The third kappa shape index (κ3) is 8.05. The van der Waals surface area contributed by atoms with Crippen LogP contribution in [0.5, 0.6) is 23.0 Å². The van der Waals surface area contributed by atoms with Gasteiger partial charge >= 0.3 is 11.9 Å². The van der Waals surface area contributed by atoms with Crippen LogP contribution in [0.4, 0.5) is 0 Å². The zero-order chi connectivity index (χ0) is 34.7. The number of hydrogen-bond acceptors (Lipinski definition) is 14. The van der Waals surface area contributed by atoms with E-state index in [0.29, 0.717) is 18.4 Å². The van der Waals surface area contributed by atoms with Crippen molar-refractivity contribution in [2.24, 2.45) is 11.8 Å². The number of carbonyl (C=O) groups is 2. The lowest BCUT2D eigenvalue weighted by Gasteiger charge is -2.38. The van der Waals surface area contributed by atoms with Gasteiger partial charge in [-0.3, -0.25) is 0 Å². The highest BCUT2D eigenvalue weighted by atomic mass is 16.7. The first-order chi connectivity index (χ1) is 22.1. The van der Waals surface area contributed by atoms with Crippen molar-refractivity contribution in [3.63, 3.8) is 0 Å². The Morgan fingerprint density at radius 2 is 1.09 bits per heavy atom. The lowest BCUT2D eigenvalue weighted by Crippen LogP contribution is -2.61. The van der Waals surface area contributed by atoms with Gasteiger partial charge in [-0.15, -0.1) is 0 Å². The number of benzene rings is 2. The Hall–Kier alpha value is -3.74. The van der Waals surface area contributed by atoms with E-state index in [1.165, 1.54) is 19.2 Å². The van der Waals surface area contributed by atoms with Crippen LogP contribution in [0.25, 0.3) is 0 Å². The van der Waals surface area contributed by atoms with E-state index in [-0.39, 0.29) is 34.8 Å². The summed E-state index contributed by atoms with van der Waals surface area (Å²) in [5.74, 6) is -3.15. The molecule has 2 aliphatic rings. The molecule has 2 fully saturated rings. The molecule has 2 unspecified atom stereocenters. The minimum Gasteiger partial charge on any atom is -0.504 e. The van der Waals surface area contributed by atoms with Gasteiger partial charge in [0, 0.05) is 0 Å². The van der Waals surface area contributed by atoms with Crippen molar-refractivity contribution in [3.8, 4) is 23.0 Å². The van der Waals surface area contributed by atoms with Gasteiger partial charge in [-0.25, -0.2) is 9.59 Å². The van der Waals surface area contributed by atoms with E-state index in [2.05, 4.69) is 0 Å². The molecule has 12 atom stereocenters. The van der Waals surface area contributed by atoms with E-state index < -0.39 is 73.4 Å². The van der Waals surface area contributed by atoms with E-state index in [1.54, 1.807) is 24.3 Å². The lowest BCUT2D eigenvalue weighted by molar-refractivity contribution is -0.271. The van der Waals surface area contributed by atoms with Crippen molar-refractivity contribution in [1.29, 1.82) is 0 Å². The Morgan fingerprint density at radius 1 is 0.660 bits per heavy atom. The maximum absolute atomic E-state index is 11.5. The van der Waals surface area contributed by atoms with Crippen LogP contribution in [-0.4, -0.2) is 126 Å². The summed E-state index contributed by atoms with van der Waals surface area (Å²) in [6.07, 6.45) is -17.0. The van der Waals surface area contributed by atoms with E-state index in [1.807, 2.05) is 13.8 Å². The van der Waals surface area contributed by atoms with Crippen molar-refractivity contribution in [3.05, 3.63) is 47.5 Å². The number of phenolic OH excluding ortho intramolecular Hbond substituents is 1. The number of methoxy groups -OCH3 is 1. The Balaban J connectivity index is 1.43. The number of ether oxygens (including phenoxy) is 5. The smallest absolute Gasteiger partial charge is 0.335 e. The van der Waals surface area contributed by atoms with E-state index >= 15 is 0 Å². The van der Waals surface area contributed by atoms with Crippen LogP contribution in [0.15, 0.2) is 36.4 Å². The van der Waals surface area contributed by atoms with Gasteiger partial charge in [0.05, 0.1) is 7.11 Å². The first-order valence-corrected chi connectivity index (χ1v) is 14.8. The predicted molar refractivity (Wildman–Crippen MR) is 157 cm³/mol. The molecule has 0 saturated carbocycles. The maximum Gasteiger partial charge on any atom is 0.335 e. The zero-order valence-corrected chi connectivity index (χ0v) is 25.7. The molecule has 2 heterocycles. The Kier molecular flexibility index (Phi) is 11.5. The minimum absolute atomic E-state index is 0.0280. The summed E-state index contributed by atoms with van der Waals surface area (Å²) < 4.78 is 27.0. The minimum atomic E-state index is -1.89. The molecule has 0 aromatic heterocycles. The molecule has 47 heavy (non-hydrogen) atoms. The van der Waals surface area contributed by atoms with Gasteiger partial charge in [0.15, 0.2) is 35.2 Å². The molecule has 0 bridgehead atoms. The molecule has 2 aromatic rings. The number of aromatic hydroxyl groups is 1. The molecular weight excluding hydrogens is 628 g/mol. The summed E-state index contributed by atoms with van der Waals surface area (Å²) in [5.41, 5.74) is 1.50. The van der Waals surface area contributed by atoms with Gasteiger partial charge in [0.1, 0.15) is 36.6 Å². The number of carboxylic acid groups (broad SMARTS) is 2. The monoisotopic (exact) mass is 668 g/mol. The number of hydrogen-bond donors (Lipinski definition) is 9. The van der Waals surface area contributed by atoms with Crippen molar-refractivity contribution in [2.45, 2.75) is 88.1 Å². The Bertz CT molecular complexity index is 1400. The SMILES string of the molecule is COc1ccc(CC(C)C(C)Cc2ccc(O)c(O[C@@H]3O[C@H](C(=O)O)[C@@H](O)[C@H](O)[C@H]3O)c2)cc1O[C@@H]1O[C@H](C(=O)O)[C@@H](O)[C@H](O)[C@H]1O. The third-order valence-corrected chi connectivity index (χ3v) is 8.45. The first-order valence-electron chi connectivity index (χ1n) is 14.8.